The molecule has 2 nitrogen and oxygen atoms in total. The van der Waals surface area contributed by atoms with Crippen LogP contribution in [0.3, 0.4) is 0 Å². The molecule has 12 heavy (non-hydrogen) atoms. The SMILES string of the molecule is C=CC[C@]1(C(=O)OCC)CC1C. The van der Waals surface area contributed by atoms with Crippen LogP contribution < -0.4 is 0 Å². The third-order valence-corrected chi connectivity index (χ3v) is 2.64. The predicted octanol–water partition coefficient (Wildman–Crippen LogP) is 2.15. The summed E-state index contributed by atoms with van der Waals surface area (Å²) in [4.78, 5) is 11.5. The molecule has 2 heteroatoms. The maximum absolute atomic E-state index is 11.5. The summed E-state index contributed by atoms with van der Waals surface area (Å²) in [7, 11) is 0. The van der Waals surface area contributed by atoms with Crippen LogP contribution in [0.25, 0.3) is 0 Å². The van der Waals surface area contributed by atoms with Crippen molar-refractivity contribution in [3.05, 3.63) is 12.7 Å². The van der Waals surface area contributed by atoms with E-state index in [1.165, 1.54) is 0 Å². The van der Waals surface area contributed by atoms with Gasteiger partial charge in [0.05, 0.1) is 12.0 Å². The molecule has 0 aromatic rings. The van der Waals surface area contributed by atoms with Gasteiger partial charge in [0, 0.05) is 0 Å². The van der Waals surface area contributed by atoms with Gasteiger partial charge in [0.2, 0.25) is 0 Å². The molecule has 0 bridgehead atoms. The van der Waals surface area contributed by atoms with Gasteiger partial charge in [-0.3, -0.25) is 4.79 Å². The van der Waals surface area contributed by atoms with E-state index in [1.807, 2.05) is 6.92 Å². The van der Waals surface area contributed by atoms with Gasteiger partial charge in [-0.2, -0.15) is 0 Å². The molecule has 1 rings (SSSR count). The molecule has 0 heterocycles. The van der Waals surface area contributed by atoms with E-state index in [9.17, 15) is 4.79 Å². The van der Waals surface area contributed by atoms with E-state index < -0.39 is 0 Å². The summed E-state index contributed by atoms with van der Waals surface area (Å²) in [6.07, 6.45) is 3.52. The lowest BCUT2D eigenvalue weighted by Crippen LogP contribution is -2.20. The zero-order chi connectivity index (χ0) is 9.19. The maximum Gasteiger partial charge on any atom is 0.312 e. The molecule has 0 aromatic carbocycles. The number of allylic oxidation sites excluding steroid dienone is 1. The minimum absolute atomic E-state index is 0.0441. The van der Waals surface area contributed by atoms with E-state index in [0.717, 1.165) is 12.8 Å². The van der Waals surface area contributed by atoms with Gasteiger partial charge in [-0.1, -0.05) is 13.0 Å². The van der Waals surface area contributed by atoms with Crippen molar-refractivity contribution in [3.63, 3.8) is 0 Å². The Labute approximate surface area is 73.6 Å². The monoisotopic (exact) mass is 168 g/mol. The van der Waals surface area contributed by atoms with Crippen molar-refractivity contribution in [1.82, 2.24) is 0 Å². The predicted molar refractivity (Wildman–Crippen MR) is 47.7 cm³/mol. The second-order valence-electron chi connectivity index (χ2n) is 3.47. The summed E-state index contributed by atoms with van der Waals surface area (Å²) in [5.74, 6) is 0.423. The molecule has 0 radical (unpaired) electrons. The first-order chi connectivity index (χ1) is 5.67. The smallest absolute Gasteiger partial charge is 0.312 e. The van der Waals surface area contributed by atoms with Crippen LogP contribution in [0.1, 0.15) is 26.7 Å². The van der Waals surface area contributed by atoms with Crippen LogP contribution >= 0.6 is 0 Å². The highest BCUT2D eigenvalue weighted by atomic mass is 16.5. The highest BCUT2D eigenvalue weighted by Gasteiger charge is 2.57. The molecule has 1 aliphatic carbocycles. The van der Waals surface area contributed by atoms with Crippen molar-refractivity contribution in [1.29, 1.82) is 0 Å². The highest BCUT2D eigenvalue weighted by molar-refractivity contribution is 5.80. The number of hydrogen-bond acceptors (Lipinski definition) is 2. The van der Waals surface area contributed by atoms with Crippen LogP contribution in [-0.2, 0) is 9.53 Å². The Kier molecular flexibility index (Phi) is 2.55. The Morgan fingerprint density at radius 2 is 2.42 bits per heavy atom. The molecule has 0 amide bonds. The summed E-state index contributed by atoms with van der Waals surface area (Å²) >= 11 is 0. The van der Waals surface area contributed by atoms with Crippen LogP contribution in [-0.4, -0.2) is 12.6 Å². The molecule has 2 atom stereocenters. The minimum atomic E-state index is -0.211. The second-order valence-corrected chi connectivity index (χ2v) is 3.47. The highest BCUT2D eigenvalue weighted by Crippen LogP contribution is 2.55. The van der Waals surface area contributed by atoms with Gasteiger partial charge >= 0.3 is 5.97 Å². The first-order valence-corrected chi connectivity index (χ1v) is 4.45. The van der Waals surface area contributed by atoms with E-state index in [-0.39, 0.29) is 11.4 Å². The molecule has 0 spiro atoms. The number of carbonyl (C=O) groups is 1. The second kappa shape index (κ2) is 3.30. The number of rotatable bonds is 4. The Hall–Kier alpha value is -0.790. The van der Waals surface area contributed by atoms with Gasteiger partial charge in [0.1, 0.15) is 0 Å². The Balaban J connectivity index is 2.56. The number of esters is 1. The first-order valence-electron chi connectivity index (χ1n) is 4.45. The van der Waals surface area contributed by atoms with E-state index >= 15 is 0 Å². The van der Waals surface area contributed by atoms with Crippen LogP contribution in [0.4, 0.5) is 0 Å². The molecule has 1 unspecified atom stereocenters. The normalized spacial score (nSPS) is 32.7. The zero-order valence-corrected chi connectivity index (χ0v) is 7.80. The lowest BCUT2D eigenvalue weighted by molar-refractivity contribution is -0.150. The minimum Gasteiger partial charge on any atom is -0.466 e. The molecule has 0 aliphatic heterocycles. The molecule has 0 aromatic heterocycles. The Morgan fingerprint density at radius 1 is 1.83 bits per heavy atom. The molecular formula is C10H16O2. The van der Waals surface area contributed by atoms with Gasteiger partial charge in [-0.05, 0) is 25.7 Å². The Bertz CT molecular complexity index is 198. The fourth-order valence-corrected chi connectivity index (χ4v) is 1.67. The molecule has 1 fully saturated rings. The first kappa shape index (κ1) is 9.30. The van der Waals surface area contributed by atoms with Crippen molar-refractivity contribution < 1.29 is 9.53 Å². The molecule has 1 aliphatic rings. The number of ether oxygens (including phenoxy) is 1. The van der Waals surface area contributed by atoms with Gasteiger partial charge < -0.3 is 4.74 Å². The van der Waals surface area contributed by atoms with Crippen molar-refractivity contribution in [2.45, 2.75) is 26.7 Å². The van der Waals surface area contributed by atoms with E-state index in [2.05, 4.69) is 13.5 Å². The fraction of sp³-hybridized carbons (Fsp3) is 0.700. The lowest BCUT2D eigenvalue weighted by Gasteiger charge is -2.11. The van der Waals surface area contributed by atoms with Gasteiger partial charge in [-0.25, -0.2) is 0 Å². The Morgan fingerprint density at radius 3 is 2.75 bits per heavy atom. The van der Waals surface area contributed by atoms with Crippen LogP contribution in [0.2, 0.25) is 0 Å². The average Bonchev–Trinajstić information content (AvgIpc) is 2.64. The number of hydrogen-bond donors (Lipinski definition) is 0. The maximum atomic E-state index is 11.5. The van der Waals surface area contributed by atoms with Crippen LogP contribution in [0.5, 0.6) is 0 Å². The molecular weight excluding hydrogens is 152 g/mol. The standard InChI is InChI=1S/C10H16O2/c1-4-6-10(7-8(10)3)9(11)12-5-2/h4,8H,1,5-7H2,2-3H3/t8?,10-/m0/s1. The molecule has 1 saturated carbocycles. The average molecular weight is 168 g/mol. The number of carbonyl (C=O) groups excluding carboxylic acids is 1. The zero-order valence-electron chi connectivity index (χ0n) is 7.80. The third kappa shape index (κ3) is 1.38. The van der Waals surface area contributed by atoms with Crippen molar-refractivity contribution in [2.75, 3.05) is 6.61 Å². The van der Waals surface area contributed by atoms with Gasteiger partial charge in [-0.15, -0.1) is 6.58 Å². The summed E-state index contributed by atoms with van der Waals surface area (Å²) in [6.45, 7) is 8.06. The largest absolute Gasteiger partial charge is 0.466 e. The molecule has 0 saturated heterocycles. The molecule has 68 valence electrons. The van der Waals surface area contributed by atoms with Crippen LogP contribution in [0.15, 0.2) is 12.7 Å². The van der Waals surface area contributed by atoms with E-state index in [0.29, 0.717) is 12.5 Å². The summed E-state index contributed by atoms with van der Waals surface area (Å²) in [5.41, 5.74) is -0.211. The van der Waals surface area contributed by atoms with Crippen molar-refractivity contribution >= 4 is 5.97 Å². The molecule has 0 N–H and O–H groups in total. The summed E-state index contributed by atoms with van der Waals surface area (Å²) < 4.78 is 5.01. The van der Waals surface area contributed by atoms with Crippen molar-refractivity contribution in [2.24, 2.45) is 11.3 Å². The lowest BCUT2D eigenvalue weighted by atomic mass is 10.0. The van der Waals surface area contributed by atoms with Crippen LogP contribution in [0, 0.1) is 11.3 Å². The summed E-state index contributed by atoms with van der Waals surface area (Å²) in [6, 6.07) is 0. The van der Waals surface area contributed by atoms with E-state index in [4.69, 9.17) is 4.74 Å². The van der Waals surface area contributed by atoms with Gasteiger partial charge in [0.15, 0.2) is 0 Å². The quantitative estimate of drug-likeness (QED) is 0.475. The summed E-state index contributed by atoms with van der Waals surface area (Å²) in [5, 5.41) is 0. The van der Waals surface area contributed by atoms with Gasteiger partial charge in [0.25, 0.3) is 0 Å². The fourth-order valence-electron chi connectivity index (χ4n) is 1.67. The van der Waals surface area contributed by atoms with E-state index in [1.54, 1.807) is 6.08 Å². The van der Waals surface area contributed by atoms with Crippen molar-refractivity contribution in [3.8, 4) is 0 Å². The third-order valence-electron chi connectivity index (χ3n) is 2.64. The topological polar surface area (TPSA) is 26.3 Å².